The number of fused-ring (bicyclic) bond motifs is 2. The summed E-state index contributed by atoms with van der Waals surface area (Å²) in [4.78, 5) is 50.9. The zero-order valence-corrected chi connectivity index (χ0v) is 27.4. The number of amides is 1. The van der Waals surface area contributed by atoms with Gasteiger partial charge in [0.25, 0.3) is 0 Å². The third-order valence-electron chi connectivity index (χ3n) is 7.21. The number of esters is 2. The maximum atomic E-state index is 12.7. The molecule has 1 amide bonds. The molecule has 1 aromatic heterocycles. The Morgan fingerprint density at radius 1 is 0.739 bits per heavy atom. The van der Waals surface area contributed by atoms with Crippen molar-refractivity contribution in [3.8, 4) is 23.0 Å². The number of hydrogen-bond donors (Lipinski definition) is 0. The lowest BCUT2D eigenvalue weighted by Gasteiger charge is -2.15. The molecule has 3 aromatic rings. The Labute approximate surface area is 272 Å². The molecule has 4 rings (SSSR count). The number of ether oxygens (including phenoxy) is 6. The van der Waals surface area contributed by atoms with E-state index in [1.54, 1.807) is 39.0 Å². The molecule has 1 aliphatic rings. The van der Waals surface area contributed by atoms with E-state index in [2.05, 4.69) is 6.58 Å². The van der Waals surface area contributed by atoms with Crippen LogP contribution in [0.1, 0.15) is 60.3 Å². The van der Waals surface area contributed by atoms with Gasteiger partial charge in [0.1, 0.15) is 13.2 Å². The highest BCUT2D eigenvalue weighted by molar-refractivity contribution is 7.20. The van der Waals surface area contributed by atoms with E-state index in [1.165, 1.54) is 11.3 Å². The van der Waals surface area contributed by atoms with E-state index < -0.39 is 5.97 Å². The second-order valence-electron chi connectivity index (χ2n) is 10.5. The molecule has 0 atom stereocenters. The average Bonchev–Trinajstić information content (AvgIpc) is 3.67. The molecule has 0 radical (unpaired) electrons. The van der Waals surface area contributed by atoms with E-state index in [-0.39, 0.29) is 69.8 Å². The van der Waals surface area contributed by atoms with Crippen LogP contribution in [0.25, 0.3) is 10.1 Å². The zero-order valence-electron chi connectivity index (χ0n) is 26.6. The lowest BCUT2D eigenvalue weighted by Crippen LogP contribution is -2.25. The van der Waals surface area contributed by atoms with E-state index in [0.29, 0.717) is 46.5 Å². The quantitative estimate of drug-likeness (QED) is 0.103. The fraction of sp³-hybridized carbons (Fsp3) is 0.412. The predicted octanol–water partition coefficient (Wildman–Crippen LogP) is 5.64. The van der Waals surface area contributed by atoms with Gasteiger partial charge in [-0.25, -0.2) is 0 Å². The van der Waals surface area contributed by atoms with Crippen molar-refractivity contribution in [2.75, 3.05) is 40.6 Å². The first-order valence-electron chi connectivity index (χ1n) is 15.0. The van der Waals surface area contributed by atoms with E-state index in [4.69, 9.17) is 28.4 Å². The lowest BCUT2D eigenvalue weighted by molar-refractivity contribution is -0.145. The van der Waals surface area contributed by atoms with Gasteiger partial charge in [0, 0.05) is 36.7 Å². The number of benzene rings is 2. The molecule has 0 bridgehead atoms. The van der Waals surface area contributed by atoms with Gasteiger partial charge in [-0.3, -0.25) is 19.2 Å². The highest BCUT2D eigenvalue weighted by Crippen LogP contribution is 2.38. The van der Waals surface area contributed by atoms with Gasteiger partial charge in [0.2, 0.25) is 5.91 Å². The molecule has 0 spiro atoms. The molecule has 2 aromatic carbocycles. The number of carbonyl (C=O) groups excluding carboxylic acids is 4. The number of Topliss-reactive ketones (excluding diaryl/α,β-unsaturated/α-hetero) is 1. The molecule has 0 saturated carbocycles. The maximum absolute atomic E-state index is 12.7. The van der Waals surface area contributed by atoms with Crippen LogP contribution in [0.4, 0.5) is 0 Å². The Hall–Kier alpha value is -4.58. The number of methoxy groups -OCH3 is 2. The Balaban J connectivity index is 1.34. The van der Waals surface area contributed by atoms with Gasteiger partial charge < -0.3 is 33.3 Å². The summed E-state index contributed by atoms with van der Waals surface area (Å²) in [5.74, 6) is 1.02. The van der Waals surface area contributed by atoms with E-state index >= 15 is 0 Å². The number of thiophene rings is 1. The largest absolute Gasteiger partial charge is 0.493 e. The molecule has 0 fully saturated rings. The number of carbonyl (C=O) groups is 4. The van der Waals surface area contributed by atoms with Crippen LogP contribution >= 0.6 is 11.3 Å². The van der Waals surface area contributed by atoms with Crippen LogP contribution < -0.4 is 18.9 Å². The van der Waals surface area contributed by atoms with Crippen molar-refractivity contribution in [1.82, 2.24) is 4.90 Å². The van der Waals surface area contributed by atoms with Gasteiger partial charge in [-0.2, -0.15) is 0 Å². The van der Waals surface area contributed by atoms with Crippen molar-refractivity contribution >= 4 is 45.1 Å². The molecule has 11 nitrogen and oxygen atoms in total. The minimum absolute atomic E-state index is 0.0385. The average molecular weight is 654 g/mol. The summed E-state index contributed by atoms with van der Waals surface area (Å²) in [6.07, 6.45) is 0.257. The van der Waals surface area contributed by atoms with Crippen LogP contribution in [0.3, 0.4) is 0 Å². The number of ketones is 1. The van der Waals surface area contributed by atoms with E-state index in [1.807, 2.05) is 24.3 Å². The van der Waals surface area contributed by atoms with Gasteiger partial charge in [0.05, 0.1) is 45.2 Å². The summed E-state index contributed by atoms with van der Waals surface area (Å²) >= 11 is 1.33. The van der Waals surface area contributed by atoms with Crippen molar-refractivity contribution in [1.29, 1.82) is 0 Å². The number of rotatable bonds is 17. The van der Waals surface area contributed by atoms with Gasteiger partial charge in [0.15, 0.2) is 28.8 Å². The van der Waals surface area contributed by atoms with Crippen molar-refractivity contribution in [3.63, 3.8) is 0 Å². The van der Waals surface area contributed by atoms with E-state index in [9.17, 15) is 19.2 Å². The topological polar surface area (TPSA) is 127 Å². The van der Waals surface area contributed by atoms with Gasteiger partial charge in [-0.15, -0.1) is 11.3 Å². The molecule has 1 aliphatic heterocycles. The summed E-state index contributed by atoms with van der Waals surface area (Å²) in [7, 11) is 3.09. The third kappa shape index (κ3) is 8.78. The number of nitrogens with zero attached hydrogens (tertiary/aromatic N) is 1. The maximum Gasteiger partial charge on any atom is 0.306 e. The normalized spacial score (nSPS) is 12.0. The highest BCUT2D eigenvalue weighted by Gasteiger charge is 2.26. The van der Waals surface area contributed by atoms with Crippen molar-refractivity contribution in [2.45, 2.75) is 52.6 Å². The van der Waals surface area contributed by atoms with Crippen LogP contribution in [0, 0.1) is 0 Å². The second-order valence-corrected chi connectivity index (χ2v) is 11.6. The Morgan fingerprint density at radius 3 is 1.87 bits per heavy atom. The van der Waals surface area contributed by atoms with Crippen molar-refractivity contribution in [3.05, 3.63) is 58.5 Å². The molecule has 2 heterocycles. The molecular formula is C34H39NO10S. The first kappa shape index (κ1) is 34.3. The first-order chi connectivity index (χ1) is 22.1. The van der Waals surface area contributed by atoms with Crippen molar-refractivity contribution in [2.24, 2.45) is 0 Å². The summed E-state index contributed by atoms with van der Waals surface area (Å²) in [6.45, 7) is 9.24. The third-order valence-corrected chi connectivity index (χ3v) is 8.35. The zero-order chi connectivity index (χ0) is 33.2. The standard InChI is InChI=1S/C34H39NO10S/c1-6-42-33(38)10-8-25(36)31-15-22-12-28(27(41-5)16-30(22)46-31)44-19-21(3)20-45-29-14-24-18-35(17-23(24)13-26(29)40-4)32(37)9-11-34(39)43-7-2/h12-16H,3,6-11,17-20H2,1-2,4-5H3. The summed E-state index contributed by atoms with van der Waals surface area (Å²) in [6, 6.07) is 9.13. The SMILES string of the molecule is C=C(COc1cc2c(cc1OC)CN(C(=O)CCC(=O)OCC)C2)COc1cc2cc(C(=O)CCC(=O)OCC)sc2cc1OC. The molecule has 46 heavy (non-hydrogen) atoms. The van der Waals surface area contributed by atoms with Gasteiger partial charge in [-0.1, -0.05) is 6.58 Å². The summed E-state index contributed by atoms with van der Waals surface area (Å²) in [5.41, 5.74) is 2.55. The van der Waals surface area contributed by atoms with Crippen LogP contribution in [0.5, 0.6) is 23.0 Å². The summed E-state index contributed by atoms with van der Waals surface area (Å²) < 4.78 is 33.9. The Morgan fingerprint density at radius 2 is 1.28 bits per heavy atom. The molecule has 0 saturated heterocycles. The van der Waals surface area contributed by atoms with Crippen LogP contribution in [-0.2, 0) is 36.9 Å². The highest BCUT2D eigenvalue weighted by atomic mass is 32.1. The second kappa shape index (κ2) is 16.1. The molecular weight excluding hydrogens is 614 g/mol. The molecule has 0 N–H and O–H groups in total. The van der Waals surface area contributed by atoms with Crippen LogP contribution in [-0.4, -0.2) is 69.2 Å². The fourth-order valence-corrected chi connectivity index (χ4v) is 5.93. The molecule has 0 unspecified atom stereocenters. The fourth-order valence-electron chi connectivity index (χ4n) is 4.88. The van der Waals surface area contributed by atoms with Crippen molar-refractivity contribution < 1.29 is 47.6 Å². The predicted molar refractivity (Wildman–Crippen MR) is 172 cm³/mol. The van der Waals surface area contributed by atoms with Gasteiger partial charge in [-0.05, 0) is 60.2 Å². The van der Waals surface area contributed by atoms with Crippen LogP contribution in [0.2, 0.25) is 0 Å². The first-order valence-corrected chi connectivity index (χ1v) is 15.8. The van der Waals surface area contributed by atoms with Gasteiger partial charge >= 0.3 is 11.9 Å². The smallest absolute Gasteiger partial charge is 0.306 e. The Bertz CT molecular complexity index is 1610. The monoisotopic (exact) mass is 653 g/mol. The molecule has 0 aliphatic carbocycles. The number of hydrogen-bond acceptors (Lipinski definition) is 11. The lowest BCUT2D eigenvalue weighted by atomic mass is 10.1. The Kier molecular flexibility index (Phi) is 12.0. The van der Waals surface area contributed by atoms with Crippen LogP contribution in [0.15, 0.2) is 42.5 Å². The molecule has 246 valence electrons. The molecule has 12 heteroatoms. The van der Waals surface area contributed by atoms with E-state index in [0.717, 1.165) is 21.2 Å². The summed E-state index contributed by atoms with van der Waals surface area (Å²) in [5, 5.41) is 0.818. The minimum Gasteiger partial charge on any atom is -0.493 e. The minimum atomic E-state index is -0.393.